The molecule has 0 aliphatic rings. The minimum absolute atomic E-state index is 0.177. The second-order valence-corrected chi connectivity index (χ2v) is 2.46. The van der Waals surface area contributed by atoms with Gasteiger partial charge in [-0.3, -0.25) is 0 Å². The summed E-state index contributed by atoms with van der Waals surface area (Å²) in [4.78, 5) is 0. The second kappa shape index (κ2) is 5.46. The van der Waals surface area contributed by atoms with Gasteiger partial charge in [0, 0.05) is 13.2 Å². The van der Waals surface area contributed by atoms with Crippen LogP contribution in [0.5, 0.6) is 0 Å². The summed E-state index contributed by atoms with van der Waals surface area (Å²) >= 11 is 0. The molecule has 0 rings (SSSR count). The molecule has 0 saturated heterocycles. The maximum atomic E-state index is 11.5. The van der Waals surface area contributed by atoms with Gasteiger partial charge in [0.05, 0.1) is 0 Å². The SMILES string of the molecule is CCCCOCC[B-](F)(F)F. The Kier molecular flexibility index (Phi) is 5.37. The monoisotopic (exact) mass is 169 g/mol. The third kappa shape index (κ3) is 9.81. The molecule has 0 fully saturated rings. The fraction of sp³-hybridized carbons (Fsp3) is 1.00. The molecule has 0 atom stereocenters. The van der Waals surface area contributed by atoms with E-state index in [0.717, 1.165) is 12.8 Å². The first-order valence-electron chi connectivity index (χ1n) is 3.85. The van der Waals surface area contributed by atoms with Crippen LogP contribution >= 0.6 is 0 Å². The molecule has 0 spiro atoms. The highest BCUT2D eigenvalue weighted by Crippen LogP contribution is 2.13. The average molecular weight is 169 g/mol. The van der Waals surface area contributed by atoms with E-state index in [1.165, 1.54) is 0 Å². The Morgan fingerprint density at radius 1 is 1.18 bits per heavy atom. The summed E-state index contributed by atoms with van der Waals surface area (Å²) in [6.45, 7) is -2.41. The molecule has 0 aromatic rings. The molecule has 5 heteroatoms. The Morgan fingerprint density at radius 2 is 1.82 bits per heavy atom. The number of hydrogen-bond donors (Lipinski definition) is 0. The van der Waals surface area contributed by atoms with Crippen molar-refractivity contribution in [3.05, 3.63) is 0 Å². The normalized spacial score (nSPS) is 12.0. The van der Waals surface area contributed by atoms with Crippen LogP contribution in [0.4, 0.5) is 12.9 Å². The summed E-state index contributed by atoms with van der Waals surface area (Å²) < 4.78 is 39.4. The van der Waals surface area contributed by atoms with E-state index < -0.39 is 13.3 Å². The van der Waals surface area contributed by atoms with Gasteiger partial charge in [-0.2, -0.15) is 0 Å². The Labute approximate surface area is 65.0 Å². The highest BCUT2D eigenvalue weighted by Gasteiger charge is 2.21. The van der Waals surface area contributed by atoms with Crippen molar-refractivity contribution in [3.63, 3.8) is 0 Å². The molecule has 0 aliphatic carbocycles. The van der Waals surface area contributed by atoms with Crippen LogP contribution in [-0.4, -0.2) is 20.2 Å². The molecule has 68 valence electrons. The summed E-state index contributed by atoms with van der Waals surface area (Å²) in [5.41, 5.74) is 0. The highest BCUT2D eigenvalue weighted by atomic mass is 19.4. The van der Waals surface area contributed by atoms with Gasteiger partial charge in [0.25, 0.3) is 0 Å². The number of unbranched alkanes of at least 4 members (excludes halogenated alkanes) is 1. The van der Waals surface area contributed by atoms with Gasteiger partial charge in [-0.1, -0.05) is 19.7 Å². The fourth-order valence-electron chi connectivity index (χ4n) is 0.565. The van der Waals surface area contributed by atoms with Gasteiger partial charge >= 0.3 is 6.98 Å². The Bertz CT molecular complexity index is 94.3. The van der Waals surface area contributed by atoms with E-state index in [-0.39, 0.29) is 6.61 Å². The van der Waals surface area contributed by atoms with Gasteiger partial charge < -0.3 is 17.7 Å². The van der Waals surface area contributed by atoms with Crippen LogP contribution < -0.4 is 0 Å². The van der Waals surface area contributed by atoms with E-state index >= 15 is 0 Å². The topological polar surface area (TPSA) is 9.23 Å². The summed E-state index contributed by atoms with van der Waals surface area (Å²) in [6, 6.07) is 0. The summed E-state index contributed by atoms with van der Waals surface area (Å²) in [5, 5.41) is 0. The first-order chi connectivity index (χ1) is 5.06. The summed E-state index contributed by atoms with van der Waals surface area (Å²) in [5.74, 6) is 0. The van der Waals surface area contributed by atoms with Crippen molar-refractivity contribution in [1.82, 2.24) is 0 Å². The smallest absolute Gasteiger partial charge is 0.449 e. The lowest BCUT2D eigenvalue weighted by atomic mass is 9.87. The lowest BCUT2D eigenvalue weighted by molar-refractivity contribution is 0.139. The fourth-order valence-corrected chi connectivity index (χ4v) is 0.565. The molecule has 0 aliphatic heterocycles. The molecule has 11 heavy (non-hydrogen) atoms. The van der Waals surface area contributed by atoms with Crippen LogP contribution in [0.3, 0.4) is 0 Å². The molecular weight excluding hydrogens is 156 g/mol. The zero-order valence-electron chi connectivity index (χ0n) is 6.66. The molecule has 0 bridgehead atoms. The molecule has 0 N–H and O–H groups in total. The largest absolute Gasteiger partial charge is 0.480 e. The van der Waals surface area contributed by atoms with E-state index in [0.29, 0.717) is 6.61 Å². The lowest BCUT2D eigenvalue weighted by Gasteiger charge is -2.12. The van der Waals surface area contributed by atoms with Crippen LogP contribution in [0.25, 0.3) is 0 Å². The van der Waals surface area contributed by atoms with Gasteiger partial charge in [0.15, 0.2) is 0 Å². The lowest BCUT2D eigenvalue weighted by Crippen LogP contribution is -2.17. The van der Waals surface area contributed by atoms with Crippen molar-refractivity contribution < 1.29 is 17.7 Å². The summed E-state index contributed by atoms with van der Waals surface area (Å²) in [7, 11) is 0. The van der Waals surface area contributed by atoms with Crippen molar-refractivity contribution >= 4 is 6.98 Å². The van der Waals surface area contributed by atoms with Crippen LogP contribution in [0.2, 0.25) is 6.32 Å². The third-order valence-electron chi connectivity index (χ3n) is 1.23. The third-order valence-corrected chi connectivity index (χ3v) is 1.23. The van der Waals surface area contributed by atoms with E-state index in [1.54, 1.807) is 0 Å². The van der Waals surface area contributed by atoms with Crippen LogP contribution in [0, 0.1) is 0 Å². The number of ether oxygens (including phenoxy) is 1. The molecule has 0 aromatic heterocycles. The molecule has 0 unspecified atom stereocenters. The first-order valence-corrected chi connectivity index (χ1v) is 3.85. The summed E-state index contributed by atoms with van der Waals surface area (Å²) in [6.07, 6.45) is 1.02. The van der Waals surface area contributed by atoms with Crippen LogP contribution in [-0.2, 0) is 4.74 Å². The molecule has 1 nitrogen and oxygen atoms in total. The van der Waals surface area contributed by atoms with E-state index in [2.05, 4.69) is 0 Å². The van der Waals surface area contributed by atoms with Crippen LogP contribution in [0.15, 0.2) is 0 Å². The Morgan fingerprint density at radius 3 is 2.27 bits per heavy atom. The average Bonchev–Trinajstić information content (AvgIpc) is 1.85. The molecule has 0 saturated carbocycles. The predicted molar refractivity (Wildman–Crippen MR) is 39.6 cm³/mol. The van der Waals surface area contributed by atoms with Crippen molar-refractivity contribution in [2.24, 2.45) is 0 Å². The van der Waals surface area contributed by atoms with Gasteiger partial charge in [-0.05, 0) is 6.42 Å². The highest BCUT2D eigenvalue weighted by molar-refractivity contribution is 6.58. The van der Waals surface area contributed by atoms with Crippen molar-refractivity contribution in [2.75, 3.05) is 13.2 Å². The van der Waals surface area contributed by atoms with Gasteiger partial charge in [-0.15, -0.1) is 0 Å². The van der Waals surface area contributed by atoms with Crippen molar-refractivity contribution in [3.8, 4) is 0 Å². The molecule has 0 amide bonds. The predicted octanol–water partition coefficient (Wildman–Crippen LogP) is 2.65. The van der Waals surface area contributed by atoms with Gasteiger partial charge in [0.2, 0.25) is 0 Å². The maximum absolute atomic E-state index is 11.5. The van der Waals surface area contributed by atoms with E-state index in [4.69, 9.17) is 4.74 Å². The Balaban J connectivity index is 3.02. The second-order valence-electron chi connectivity index (χ2n) is 2.46. The number of hydrogen-bond acceptors (Lipinski definition) is 1. The minimum atomic E-state index is -4.65. The zero-order chi connectivity index (χ0) is 8.74. The number of halogens is 3. The molecule has 0 aromatic carbocycles. The minimum Gasteiger partial charge on any atom is -0.449 e. The van der Waals surface area contributed by atoms with Crippen molar-refractivity contribution in [1.29, 1.82) is 0 Å². The van der Waals surface area contributed by atoms with Crippen LogP contribution in [0.1, 0.15) is 19.8 Å². The first kappa shape index (κ1) is 10.8. The Hall–Kier alpha value is -0.185. The van der Waals surface area contributed by atoms with Gasteiger partial charge in [0.1, 0.15) is 0 Å². The zero-order valence-corrected chi connectivity index (χ0v) is 6.66. The molecular formula is C6H13BF3O-. The van der Waals surface area contributed by atoms with Crippen molar-refractivity contribution in [2.45, 2.75) is 26.1 Å². The quantitative estimate of drug-likeness (QED) is 0.438. The van der Waals surface area contributed by atoms with E-state index in [1.807, 2.05) is 6.92 Å². The number of rotatable bonds is 6. The molecule has 0 radical (unpaired) electrons. The van der Waals surface area contributed by atoms with E-state index in [9.17, 15) is 12.9 Å². The maximum Gasteiger partial charge on any atom is 0.480 e. The standard InChI is InChI=1S/C6H13BF3O/c1-2-3-5-11-6-4-7(8,9)10/h2-6H2,1H3/q-1. The van der Waals surface area contributed by atoms with Gasteiger partial charge in [-0.25, -0.2) is 0 Å². The molecule has 0 heterocycles.